The highest BCUT2D eigenvalue weighted by Gasteiger charge is 2.23. The smallest absolute Gasteiger partial charge is 0.349 e. The van der Waals surface area contributed by atoms with Gasteiger partial charge >= 0.3 is 11.9 Å². The molecule has 2 aromatic rings. The summed E-state index contributed by atoms with van der Waals surface area (Å²) in [6.07, 6.45) is 0. The minimum atomic E-state index is -0.528. The Morgan fingerprint density at radius 1 is 0.844 bits per heavy atom. The molecule has 0 radical (unpaired) electrons. The molecule has 0 aliphatic rings. The third-order valence-corrected chi connectivity index (χ3v) is 4.84. The Hall–Kier alpha value is -2.86. The van der Waals surface area contributed by atoms with Crippen LogP contribution in [0.5, 0.6) is 11.5 Å². The first kappa shape index (κ1) is 25.4. The first-order valence-electron chi connectivity index (χ1n) is 10.7. The highest BCUT2D eigenvalue weighted by Crippen LogP contribution is 2.35. The van der Waals surface area contributed by atoms with Gasteiger partial charge in [0.2, 0.25) is 0 Å². The number of hydrogen-bond acceptors (Lipinski definition) is 6. The summed E-state index contributed by atoms with van der Waals surface area (Å²) in [5, 5.41) is 0. The summed E-state index contributed by atoms with van der Waals surface area (Å²) in [5.74, 6) is -0.000351. The van der Waals surface area contributed by atoms with Gasteiger partial charge in [-0.25, -0.2) is 9.59 Å². The lowest BCUT2D eigenvalue weighted by atomic mass is 9.80. The number of benzene rings is 2. The second-order valence-corrected chi connectivity index (χ2v) is 9.63. The molecule has 0 heterocycles. The summed E-state index contributed by atoms with van der Waals surface area (Å²) in [6.45, 7) is 13.1. The summed E-state index contributed by atoms with van der Waals surface area (Å²) >= 11 is 0. The Balaban J connectivity index is 2.00. The summed E-state index contributed by atoms with van der Waals surface area (Å²) in [7, 11) is 1.53. The van der Waals surface area contributed by atoms with Crippen LogP contribution in [-0.2, 0) is 25.1 Å². The van der Waals surface area contributed by atoms with Crippen molar-refractivity contribution in [3.8, 4) is 11.5 Å². The minimum absolute atomic E-state index is 0.0137. The van der Waals surface area contributed by atoms with Crippen LogP contribution in [0.25, 0.3) is 0 Å². The van der Waals surface area contributed by atoms with Gasteiger partial charge in [0.05, 0.1) is 12.2 Å². The highest BCUT2D eigenvalue weighted by atomic mass is 16.6. The van der Waals surface area contributed by atoms with Crippen molar-refractivity contribution in [2.45, 2.75) is 52.4 Å². The second-order valence-electron chi connectivity index (χ2n) is 9.63. The number of methoxy groups -OCH3 is 1. The summed E-state index contributed by atoms with van der Waals surface area (Å²) in [4.78, 5) is 24.2. The standard InChI is InChI=1S/C26H34O6/c1-25(2,3)19-10-13-22(21(16-19)26(4,5)6)31-17-23(27)32-20-11-8-18(9-12-20)24(28)30-15-14-29-7/h8-13,16H,14-15,17H2,1-7H3. The minimum Gasteiger partial charge on any atom is -0.482 e. The Morgan fingerprint density at radius 2 is 1.50 bits per heavy atom. The van der Waals surface area contributed by atoms with E-state index in [0.717, 1.165) is 5.56 Å². The molecule has 0 aliphatic carbocycles. The average molecular weight is 443 g/mol. The number of carbonyl (C=O) groups excluding carboxylic acids is 2. The van der Waals surface area contributed by atoms with Crippen molar-refractivity contribution >= 4 is 11.9 Å². The van der Waals surface area contributed by atoms with Crippen molar-refractivity contribution in [3.05, 3.63) is 59.2 Å². The molecule has 0 aliphatic heterocycles. The molecule has 0 spiro atoms. The average Bonchev–Trinajstić information content (AvgIpc) is 2.71. The number of hydrogen-bond donors (Lipinski definition) is 0. The fraction of sp³-hybridized carbons (Fsp3) is 0.462. The molecule has 6 heteroatoms. The van der Waals surface area contributed by atoms with Gasteiger partial charge in [0.25, 0.3) is 0 Å². The summed E-state index contributed by atoms with van der Waals surface area (Å²) < 4.78 is 21.1. The topological polar surface area (TPSA) is 71.1 Å². The number of ether oxygens (including phenoxy) is 4. The van der Waals surface area contributed by atoms with Gasteiger partial charge in [-0.2, -0.15) is 0 Å². The van der Waals surface area contributed by atoms with Crippen LogP contribution in [0.2, 0.25) is 0 Å². The molecule has 174 valence electrons. The molecule has 2 aromatic carbocycles. The monoisotopic (exact) mass is 442 g/mol. The van der Waals surface area contributed by atoms with Crippen molar-refractivity contribution < 1.29 is 28.5 Å². The van der Waals surface area contributed by atoms with Crippen LogP contribution in [0.3, 0.4) is 0 Å². The molecule has 0 fully saturated rings. The highest BCUT2D eigenvalue weighted by molar-refractivity contribution is 5.89. The predicted octanol–water partition coefficient (Wildman–Crippen LogP) is 5.07. The molecule has 0 saturated heterocycles. The number of esters is 2. The summed E-state index contributed by atoms with van der Waals surface area (Å²) in [5.41, 5.74) is 2.48. The van der Waals surface area contributed by atoms with Gasteiger partial charge in [-0.15, -0.1) is 0 Å². The van der Waals surface area contributed by atoms with Crippen LogP contribution in [0.1, 0.15) is 63.0 Å². The third kappa shape index (κ3) is 7.38. The third-order valence-electron chi connectivity index (χ3n) is 4.84. The molecule has 0 unspecified atom stereocenters. The van der Waals surface area contributed by atoms with E-state index in [0.29, 0.717) is 23.7 Å². The molecule has 0 aromatic heterocycles. The van der Waals surface area contributed by atoms with E-state index in [1.54, 1.807) is 24.3 Å². The van der Waals surface area contributed by atoms with E-state index in [4.69, 9.17) is 18.9 Å². The first-order valence-corrected chi connectivity index (χ1v) is 10.7. The van der Waals surface area contributed by atoms with Crippen LogP contribution in [0.15, 0.2) is 42.5 Å². The normalized spacial score (nSPS) is 11.7. The van der Waals surface area contributed by atoms with E-state index in [1.165, 1.54) is 12.7 Å². The number of carbonyl (C=O) groups is 2. The van der Waals surface area contributed by atoms with Gasteiger partial charge in [-0.05, 0) is 52.3 Å². The molecule has 0 atom stereocenters. The lowest BCUT2D eigenvalue weighted by Gasteiger charge is -2.27. The van der Waals surface area contributed by atoms with Crippen LogP contribution in [0.4, 0.5) is 0 Å². The molecular weight excluding hydrogens is 408 g/mol. The largest absolute Gasteiger partial charge is 0.482 e. The fourth-order valence-corrected chi connectivity index (χ4v) is 2.97. The Labute approximate surface area is 190 Å². The van der Waals surface area contributed by atoms with Gasteiger partial charge in [0.15, 0.2) is 6.61 Å². The molecule has 0 saturated carbocycles. The van der Waals surface area contributed by atoms with Crippen molar-refractivity contribution in [2.24, 2.45) is 0 Å². The molecule has 2 rings (SSSR count). The van der Waals surface area contributed by atoms with Crippen LogP contribution in [0, 0.1) is 0 Å². The molecule has 0 bridgehead atoms. The van der Waals surface area contributed by atoms with Gasteiger partial charge in [0.1, 0.15) is 18.1 Å². The zero-order valence-electron chi connectivity index (χ0n) is 20.1. The van der Waals surface area contributed by atoms with Gasteiger partial charge in [-0.1, -0.05) is 53.7 Å². The van der Waals surface area contributed by atoms with Crippen molar-refractivity contribution in [1.82, 2.24) is 0 Å². The Bertz CT molecular complexity index is 917. The maximum atomic E-state index is 12.3. The van der Waals surface area contributed by atoms with E-state index in [1.807, 2.05) is 12.1 Å². The Morgan fingerprint density at radius 3 is 2.06 bits per heavy atom. The molecule has 0 amide bonds. The molecule has 6 nitrogen and oxygen atoms in total. The van der Waals surface area contributed by atoms with E-state index in [9.17, 15) is 9.59 Å². The van der Waals surface area contributed by atoms with Gasteiger partial charge in [-0.3, -0.25) is 0 Å². The Kier molecular flexibility index (Phi) is 8.44. The van der Waals surface area contributed by atoms with Crippen LogP contribution in [-0.4, -0.2) is 38.9 Å². The van der Waals surface area contributed by atoms with Crippen molar-refractivity contribution in [2.75, 3.05) is 26.9 Å². The van der Waals surface area contributed by atoms with E-state index < -0.39 is 11.9 Å². The lowest BCUT2D eigenvalue weighted by molar-refractivity contribution is -0.136. The predicted molar refractivity (Wildman–Crippen MR) is 124 cm³/mol. The lowest BCUT2D eigenvalue weighted by Crippen LogP contribution is -2.21. The summed E-state index contributed by atoms with van der Waals surface area (Å²) in [6, 6.07) is 12.3. The van der Waals surface area contributed by atoms with Crippen LogP contribution < -0.4 is 9.47 Å². The zero-order valence-corrected chi connectivity index (χ0v) is 20.1. The fourth-order valence-electron chi connectivity index (χ4n) is 2.97. The molecular formula is C26H34O6. The first-order chi connectivity index (χ1) is 14.9. The molecule has 0 N–H and O–H groups in total. The zero-order chi connectivity index (χ0) is 23.9. The van der Waals surface area contributed by atoms with Gasteiger partial charge in [0, 0.05) is 7.11 Å². The second kappa shape index (κ2) is 10.6. The van der Waals surface area contributed by atoms with E-state index >= 15 is 0 Å². The van der Waals surface area contributed by atoms with E-state index in [2.05, 4.69) is 47.6 Å². The van der Waals surface area contributed by atoms with E-state index in [-0.39, 0.29) is 24.0 Å². The maximum Gasteiger partial charge on any atom is 0.349 e. The van der Waals surface area contributed by atoms with Crippen molar-refractivity contribution in [1.29, 1.82) is 0 Å². The quantitative estimate of drug-likeness (QED) is 0.323. The maximum absolute atomic E-state index is 12.3. The number of rotatable bonds is 8. The van der Waals surface area contributed by atoms with Gasteiger partial charge < -0.3 is 18.9 Å². The molecule has 32 heavy (non-hydrogen) atoms. The SMILES string of the molecule is COCCOC(=O)c1ccc(OC(=O)COc2ccc(C(C)(C)C)cc2C(C)(C)C)cc1. The van der Waals surface area contributed by atoms with Crippen LogP contribution >= 0.6 is 0 Å². The van der Waals surface area contributed by atoms with Crippen molar-refractivity contribution in [3.63, 3.8) is 0 Å².